The molecule has 1 aliphatic heterocycles. The first kappa shape index (κ1) is 12.3. The second kappa shape index (κ2) is 3.94. The zero-order valence-corrected chi connectivity index (χ0v) is 10.5. The number of amides is 2. The Morgan fingerprint density at radius 2 is 2.06 bits per heavy atom. The molecule has 0 radical (unpaired) electrons. The standard InChI is InChI=1S/C11H15N5O2/c1-6-8(12)13-5-14-9(6)16-4-7(17)15-10(18)11(16,2)3/h5H,4H2,1-3H3,(H2,12,13,14)(H,15,17,18). The van der Waals surface area contributed by atoms with Crippen LogP contribution >= 0.6 is 0 Å². The summed E-state index contributed by atoms with van der Waals surface area (Å²) in [4.78, 5) is 33.0. The van der Waals surface area contributed by atoms with Crippen molar-refractivity contribution >= 4 is 23.5 Å². The zero-order valence-electron chi connectivity index (χ0n) is 10.5. The first-order valence-electron chi connectivity index (χ1n) is 5.53. The highest BCUT2D eigenvalue weighted by Gasteiger charge is 2.42. The van der Waals surface area contributed by atoms with Crippen LogP contribution in [0.4, 0.5) is 11.6 Å². The number of anilines is 2. The molecular weight excluding hydrogens is 234 g/mol. The number of nitrogens with two attached hydrogens (primary N) is 1. The number of nitrogens with zero attached hydrogens (tertiary/aromatic N) is 3. The Kier molecular flexibility index (Phi) is 2.68. The number of aromatic nitrogens is 2. The Balaban J connectivity index is 2.51. The quantitative estimate of drug-likeness (QED) is 0.657. The Labute approximate surface area is 104 Å². The van der Waals surface area contributed by atoms with Crippen LogP contribution in [-0.4, -0.2) is 33.9 Å². The number of carbonyl (C=O) groups excluding carboxylic acids is 2. The minimum absolute atomic E-state index is 0.0655. The smallest absolute Gasteiger partial charge is 0.251 e. The average molecular weight is 249 g/mol. The van der Waals surface area contributed by atoms with Gasteiger partial charge in [-0.25, -0.2) is 9.97 Å². The molecule has 1 aromatic heterocycles. The van der Waals surface area contributed by atoms with Gasteiger partial charge in [0, 0.05) is 5.56 Å². The van der Waals surface area contributed by atoms with E-state index in [1.165, 1.54) is 6.33 Å². The monoisotopic (exact) mass is 249 g/mol. The Morgan fingerprint density at radius 3 is 2.72 bits per heavy atom. The molecule has 0 unspecified atom stereocenters. The van der Waals surface area contributed by atoms with E-state index >= 15 is 0 Å². The van der Waals surface area contributed by atoms with E-state index in [2.05, 4.69) is 15.3 Å². The van der Waals surface area contributed by atoms with Crippen molar-refractivity contribution in [3.05, 3.63) is 11.9 Å². The molecule has 7 heteroatoms. The van der Waals surface area contributed by atoms with Gasteiger partial charge in [0.1, 0.15) is 23.5 Å². The second-order valence-electron chi connectivity index (χ2n) is 4.73. The van der Waals surface area contributed by atoms with E-state index in [9.17, 15) is 9.59 Å². The van der Waals surface area contributed by atoms with Gasteiger partial charge in [-0.15, -0.1) is 0 Å². The molecule has 2 amide bonds. The third-order valence-corrected chi connectivity index (χ3v) is 3.14. The van der Waals surface area contributed by atoms with Crippen molar-refractivity contribution in [3.63, 3.8) is 0 Å². The van der Waals surface area contributed by atoms with Gasteiger partial charge < -0.3 is 10.6 Å². The molecule has 18 heavy (non-hydrogen) atoms. The SMILES string of the molecule is Cc1c(N)ncnc1N1CC(=O)NC(=O)C1(C)C. The van der Waals surface area contributed by atoms with Gasteiger partial charge in [0.25, 0.3) is 5.91 Å². The fraction of sp³-hybridized carbons (Fsp3) is 0.455. The van der Waals surface area contributed by atoms with E-state index < -0.39 is 5.54 Å². The van der Waals surface area contributed by atoms with Gasteiger partial charge in [0.15, 0.2) is 0 Å². The van der Waals surface area contributed by atoms with Gasteiger partial charge in [0.2, 0.25) is 5.91 Å². The highest BCUT2D eigenvalue weighted by molar-refractivity contribution is 6.06. The van der Waals surface area contributed by atoms with Crippen molar-refractivity contribution in [2.24, 2.45) is 0 Å². The number of nitrogens with one attached hydrogen (secondary N) is 1. The normalized spacial score (nSPS) is 18.7. The summed E-state index contributed by atoms with van der Waals surface area (Å²) in [5, 5.41) is 2.31. The maximum absolute atomic E-state index is 11.9. The first-order valence-corrected chi connectivity index (χ1v) is 5.53. The predicted molar refractivity (Wildman–Crippen MR) is 65.8 cm³/mol. The number of hydrogen-bond donors (Lipinski definition) is 2. The van der Waals surface area contributed by atoms with Crippen LogP contribution in [0.2, 0.25) is 0 Å². The summed E-state index contributed by atoms with van der Waals surface area (Å²) in [5.74, 6) is 0.149. The summed E-state index contributed by atoms with van der Waals surface area (Å²) < 4.78 is 0. The maximum Gasteiger partial charge on any atom is 0.251 e. The molecule has 0 aromatic carbocycles. The lowest BCUT2D eigenvalue weighted by molar-refractivity contribution is -0.135. The van der Waals surface area contributed by atoms with Gasteiger partial charge >= 0.3 is 0 Å². The summed E-state index contributed by atoms with van der Waals surface area (Å²) in [7, 11) is 0. The molecular formula is C11H15N5O2. The van der Waals surface area contributed by atoms with E-state index in [1.54, 1.807) is 25.7 Å². The molecule has 2 heterocycles. The predicted octanol–water partition coefficient (Wildman–Crippen LogP) is -0.391. The lowest BCUT2D eigenvalue weighted by Gasteiger charge is -2.41. The van der Waals surface area contributed by atoms with E-state index in [4.69, 9.17) is 5.73 Å². The molecule has 1 saturated heterocycles. The molecule has 1 aromatic rings. The molecule has 0 aliphatic carbocycles. The molecule has 1 aliphatic rings. The van der Waals surface area contributed by atoms with Crippen LogP contribution in [0.25, 0.3) is 0 Å². The van der Waals surface area contributed by atoms with Crippen molar-refractivity contribution in [3.8, 4) is 0 Å². The summed E-state index contributed by atoms with van der Waals surface area (Å²) in [6, 6.07) is 0. The second-order valence-corrected chi connectivity index (χ2v) is 4.73. The van der Waals surface area contributed by atoms with Crippen molar-refractivity contribution in [2.45, 2.75) is 26.3 Å². The Morgan fingerprint density at radius 1 is 1.39 bits per heavy atom. The van der Waals surface area contributed by atoms with Crippen LogP contribution in [-0.2, 0) is 9.59 Å². The summed E-state index contributed by atoms with van der Waals surface area (Å²) in [5.41, 5.74) is 5.52. The van der Waals surface area contributed by atoms with Gasteiger partial charge in [-0.3, -0.25) is 14.9 Å². The molecule has 0 bridgehead atoms. The number of carbonyl (C=O) groups is 2. The van der Waals surface area contributed by atoms with Crippen molar-refractivity contribution in [1.29, 1.82) is 0 Å². The first-order chi connectivity index (χ1) is 8.34. The number of rotatable bonds is 1. The minimum Gasteiger partial charge on any atom is -0.383 e. The van der Waals surface area contributed by atoms with E-state index in [0.717, 1.165) is 0 Å². The van der Waals surface area contributed by atoms with Crippen LogP contribution in [0.3, 0.4) is 0 Å². The number of imide groups is 1. The van der Waals surface area contributed by atoms with Crippen molar-refractivity contribution < 1.29 is 9.59 Å². The highest BCUT2D eigenvalue weighted by Crippen LogP contribution is 2.28. The number of hydrogen-bond acceptors (Lipinski definition) is 6. The van der Waals surface area contributed by atoms with Crippen LogP contribution in [0.5, 0.6) is 0 Å². The average Bonchev–Trinajstić information content (AvgIpc) is 2.28. The summed E-state index contributed by atoms with van der Waals surface area (Å²) in [6.07, 6.45) is 1.32. The van der Waals surface area contributed by atoms with Gasteiger partial charge in [-0.2, -0.15) is 0 Å². The van der Waals surface area contributed by atoms with Gasteiger partial charge in [-0.05, 0) is 20.8 Å². The fourth-order valence-corrected chi connectivity index (χ4v) is 1.85. The lowest BCUT2D eigenvalue weighted by Crippen LogP contribution is -2.64. The summed E-state index contributed by atoms with van der Waals surface area (Å²) in [6.45, 7) is 5.28. The largest absolute Gasteiger partial charge is 0.383 e. The molecule has 96 valence electrons. The Bertz CT molecular complexity index is 526. The number of piperazine rings is 1. The van der Waals surface area contributed by atoms with Crippen molar-refractivity contribution in [2.75, 3.05) is 17.2 Å². The molecule has 7 nitrogen and oxygen atoms in total. The van der Waals surface area contributed by atoms with Crippen LogP contribution in [0.15, 0.2) is 6.33 Å². The molecule has 2 rings (SSSR count). The minimum atomic E-state index is -0.862. The van der Waals surface area contributed by atoms with E-state index in [-0.39, 0.29) is 18.4 Å². The molecule has 0 saturated carbocycles. The molecule has 3 N–H and O–H groups in total. The fourth-order valence-electron chi connectivity index (χ4n) is 1.85. The molecule has 0 spiro atoms. The summed E-state index contributed by atoms with van der Waals surface area (Å²) >= 11 is 0. The maximum atomic E-state index is 11.9. The van der Waals surface area contributed by atoms with Crippen LogP contribution in [0, 0.1) is 6.92 Å². The van der Waals surface area contributed by atoms with Crippen LogP contribution < -0.4 is 16.0 Å². The highest BCUT2D eigenvalue weighted by atomic mass is 16.2. The zero-order chi connectivity index (χ0) is 13.5. The third kappa shape index (κ3) is 1.77. The van der Waals surface area contributed by atoms with Gasteiger partial charge in [-0.1, -0.05) is 0 Å². The van der Waals surface area contributed by atoms with E-state index in [1.807, 2.05) is 0 Å². The van der Waals surface area contributed by atoms with Gasteiger partial charge in [0.05, 0.1) is 6.54 Å². The van der Waals surface area contributed by atoms with Crippen molar-refractivity contribution in [1.82, 2.24) is 15.3 Å². The molecule has 0 atom stereocenters. The molecule has 1 fully saturated rings. The Hall–Kier alpha value is -2.18. The van der Waals surface area contributed by atoms with Crippen LogP contribution in [0.1, 0.15) is 19.4 Å². The number of nitrogen functional groups attached to an aromatic ring is 1. The lowest BCUT2D eigenvalue weighted by atomic mass is 9.98. The van der Waals surface area contributed by atoms with E-state index in [0.29, 0.717) is 17.2 Å². The topological polar surface area (TPSA) is 101 Å². The third-order valence-electron chi connectivity index (χ3n) is 3.14.